The topological polar surface area (TPSA) is 91.3 Å². The first-order valence-corrected chi connectivity index (χ1v) is 6.18. The van der Waals surface area contributed by atoms with Crippen LogP contribution in [0.4, 0.5) is 0 Å². The largest absolute Gasteiger partial charge is 0.480 e. The van der Waals surface area contributed by atoms with E-state index in [1.165, 1.54) is 6.92 Å². The van der Waals surface area contributed by atoms with Crippen LogP contribution in [0.1, 0.15) is 25.1 Å². The van der Waals surface area contributed by atoms with Gasteiger partial charge in [0.05, 0.1) is 5.69 Å². The molecule has 1 aromatic heterocycles. The molecule has 0 aromatic carbocycles. The SMILES string of the molecule is CCc1cccnc1CNCC(NC(C)=O)C(=O)O. The Hall–Kier alpha value is -1.95. The van der Waals surface area contributed by atoms with Crippen molar-refractivity contribution in [3.05, 3.63) is 29.6 Å². The Bertz CT molecular complexity index is 449. The Labute approximate surface area is 112 Å². The number of pyridine rings is 1. The van der Waals surface area contributed by atoms with Gasteiger partial charge in [0.15, 0.2) is 0 Å². The van der Waals surface area contributed by atoms with Crippen LogP contribution in [0.2, 0.25) is 0 Å². The van der Waals surface area contributed by atoms with Crippen LogP contribution in [-0.4, -0.2) is 34.6 Å². The quantitative estimate of drug-likeness (QED) is 0.660. The molecule has 0 aliphatic rings. The molecule has 1 amide bonds. The summed E-state index contributed by atoms with van der Waals surface area (Å²) in [6, 6.07) is 2.94. The third-order valence-corrected chi connectivity index (χ3v) is 2.68. The van der Waals surface area contributed by atoms with Crippen LogP contribution >= 0.6 is 0 Å². The Kier molecular flexibility index (Phi) is 5.95. The summed E-state index contributed by atoms with van der Waals surface area (Å²) in [5.74, 6) is -1.42. The van der Waals surface area contributed by atoms with E-state index >= 15 is 0 Å². The molecule has 1 aromatic rings. The number of carboxylic acid groups (broad SMARTS) is 1. The molecular weight excluding hydrogens is 246 g/mol. The van der Waals surface area contributed by atoms with Crippen molar-refractivity contribution in [3.8, 4) is 0 Å². The fraction of sp³-hybridized carbons (Fsp3) is 0.462. The number of hydrogen-bond donors (Lipinski definition) is 3. The second-order valence-corrected chi connectivity index (χ2v) is 4.19. The van der Waals surface area contributed by atoms with E-state index < -0.39 is 12.0 Å². The van der Waals surface area contributed by atoms with Crippen LogP contribution in [0.15, 0.2) is 18.3 Å². The minimum Gasteiger partial charge on any atom is -0.480 e. The number of aryl methyl sites for hydroxylation is 1. The summed E-state index contributed by atoms with van der Waals surface area (Å²) in [6.45, 7) is 3.98. The Balaban J connectivity index is 2.52. The van der Waals surface area contributed by atoms with Crippen molar-refractivity contribution in [1.29, 1.82) is 0 Å². The molecule has 0 radical (unpaired) electrons. The van der Waals surface area contributed by atoms with Gasteiger partial charge in [-0.05, 0) is 18.1 Å². The predicted octanol–water partition coefficient (Wildman–Crippen LogP) is 0.323. The number of aliphatic carboxylic acids is 1. The van der Waals surface area contributed by atoms with Crippen molar-refractivity contribution in [2.45, 2.75) is 32.9 Å². The van der Waals surface area contributed by atoms with Crippen molar-refractivity contribution < 1.29 is 14.7 Å². The zero-order chi connectivity index (χ0) is 14.3. The number of nitrogens with one attached hydrogen (secondary N) is 2. The van der Waals surface area contributed by atoms with E-state index in [1.54, 1.807) is 6.20 Å². The number of carboxylic acids is 1. The normalized spacial score (nSPS) is 11.9. The summed E-state index contributed by atoms with van der Waals surface area (Å²) in [5, 5.41) is 14.3. The lowest BCUT2D eigenvalue weighted by Crippen LogP contribution is -2.46. The van der Waals surface area contributed by atoms with E-state index in [1.807, 2.05) is 19.1 Å². The highest BCUT2D eigenvalue weighted by molar-refractivity contribution is 5.82. The second kappa shape index (κ2) is 7.48. The average molecular weight is 265 g/mol. The first-order chi connectivity index (χ1) is 9.04. The smallest absolute Gasteiger partial charge is 0.327 e. The van der Waals surface area contributed by atoms with E-state index in [9.17, 15) is 9.59 Å². The standard InChI is InChI=1S/C13H19N3O3/c1-3-10-5-4-6-15-11(10)7-14-8-12(13(18)19)16-9(2)17/h4-6,12,14H,3,7-8H2,1-2H3,(H,16,17)(H,18,19). The third-order valence-electron chi connectivity index (χ3n) is 2.68. The van der Waals surface area contributed by atoms with E-state index in [4.69, 9.17) is 5.11 Å². The number of hydrogen-bond acceptors (Lipinski definition) is 4. The lowest BCUT2D eigenvalue weighted by Gasteiger charge is -2.14. The molecule has 1 rings (SSSR count). The highest BCUT2D eigenvalue weighted by Gasteiger charge is 2.17. The van der Waals surface area contributed by atoms with Gasteiger partial charge in [-0.15, -0.1) is 0 Å². The van der Waals surface area contributed by atoms with Crippen molar-refractivity contribution in [2.24, 2.45) is 0 Å². The van der Waals surface area contributed by atoms with E-state index in [0.29, 0.717) is 6.54 Å². The molecule has 19 heavy (non-hydrogen) atoms. The Morgan fingerprint density at radius 1 is 1.47 bits per heavy atom. The maximum absolute atomic E-state index is 10.9. The summed E-state index contributed by atoms with van der Waals surface area (Å²) >= 11 is 0. The van der Waals surface area contributed by atoms with Crippen LogP contribution in [0.3, 0.4) is 0 Å². The van der Waals surface area contributed by atoms with Gasteiger partial charge >= 0.3 is 5.97 Å². The molecule has 1 heterocycles. The Morgan fingerprint density at radius 2 is 2.21 bits per heavy atom. The van der Waals surface area contributed by atoms with Gasteiger partial charge < -0.3 is 15.7 Å². The minimum atomic E-state index is -1.06. The van der Waals surface area contributed by atoms with Gasteiger partial charge in [-0.3, -0.25) is 9.78 Å². The highest BCUT2D eigenvalue weighted by atomic mass is 16.4. The molecule has 0 fully saturated rings. The molecule has 1 unspecified atom stereocenters. The fourth-order valence-electron chi connectivity index (χ4n) is 1.73. The molecule has 0 aliphatic heterocycles. The molecule has 0 aliphatic carbocycles. The first-order valence-electron chi connectivity index (χ1n) is 6.18. The van der Waals surface area contributed by atoms with E-state index in [-0.39, 0.29) is 12.5 Å². The minimum absolute atomic E-state index is 0.161. The third kappa shape index (κ3) is 5.05. The molecule has 0 spiro atoms. The second-order valence-electron chi connectivity index (χ2n) is 4.19. The van der Waals surface area contributed by atoms with Crippen LogP contribution in [0.5, 0.6) is 0 Å². The summed E-state index contributed by atoms with van der Waals surface area (Å²) in [7, 11) is 0. The number of amides is 1. The molecule has 0 saturated carbocycles. The molecular formula is C13H19N3O3. The van der Waals surface area contributed by atoms with Gasteiger partial charge in [0.2, 0.25) is 5.91 Å². The maximum Gasteiger partial charge on any atom is 0.327 e. The molecule has 6 heteroatoms. The van der Waals surface area contributed by atoms with Crippen LogP contribution < -0.4 is 10.6 Å². The number of carbonyl (C=O) groups is 2. The fourth-order valence-corrected chi connectivity index (χ4v) is 1.73. The first kappa shape index (κ1) is 15.1. The summed E-state index contributed by atoms with van der Waals surface area (Å²) < 4.78 is 0. The summed E-state index contributed by atoms with van der Waals surface area (Å²) in [6.07, 6.45) is 2.58. The van der Waals surface area contributed by atoms with Gasteiger partial charge in [-0.2, -0.15) is 0 Å². The Morgan fingerprint density at radius 3 is 2.79 bits per heavy atom. The van der Waals surface area contributed by atoms with Crippen LogP contribution in [0, 0.1) is 0 Å². The predicted molar refractivity (Wildman–Crippen MR) is 70.6 cm³/mol. The zero-order valence-electron chi connectivity index (χ0n) is 11.1. The highest BCUT2D eigenvalue weighted by Crippen LogP contribution is 2.05. The van der Waals surface area contributed by atoms with Gasteiger partial charge in [-0.25, -0.2) is 4.79 Å². The average Bonchev–Trinajstić information content (AvgIpc) is 2.37. The molecule has 0 bridgehead atoms. The number of aromatic nitrogens is 1. The number of rotatable bonds is 7. The molecule has 104 valence electrons. The lowest BCUT2D eigenvalue weighted by atomic mass is 10.1. The number of nitrogens with zero attached hydrogens (tertiary/aromatic N) is 1. The summed E-state index contributed by atoms with van der Waals surface area (Å²) in [4.78, 5) is 26.1. The van der Waals surface area contributed by atoms with Crippen LogP contribution in [-0.2, 0) is 22.6 Å². The van der Waals surface area contributed by atoms with Gasteiger partial charge in [0.1, 0.15) is 6.04 Å². The molecule has 6 nitrogen and oxygen atoms in total. The van der Waals surface area contributed by atoms with Crippen molar-refractivity contribution in [3.63, 3.8) is 0 Å². The lowest BCUT2D eigenvalue weighted by molar-refractivity contribution is -0.141. The molecule has 3 N–H and O–H groups in total. The monoisotopic (exact) mass is 265 g/mol. The van der Waals surface area contributed by atoms with Crippen molar-refractivity contribution in [1.82, 2.24) is 15.6 Å². The van der Waals surface area contributed by atoms with Crippen molar-refractivity contribution in [2.75, 3.05) is 6.54 Å². The summed E-state index contributed by atoms with van der Waals surface area (Å²) in [5.41, 5.74) is 2.03. The van der Waals surface area contributed by atoms with Gasteiger partial charge in [0, 0.05) is 26.2 Å². The van der Waals surface area contributed by atoms with Crippen LogP contribution in [0.25, 0.3) is 0 Å². The molecule has 0 saturated heterocycles. The van der Waals surface area contributed by atoms with Gasteiger partial charge in [0.25, 0.3) is 0 Å². The number of carbonyl (C=O) groups excluding carboxylic acids is 1. The zero-order valence-corrected chi connectivity index (χ0v) is 11.1. The van der Waals surface area contributed by atoms with E-state index in [0.717, 1.165) is 17.7 Å². The van der Waals surface area contributed by atoms with Gasteiger partial charge in [-0.1, -0.05) is 13.0 Å². The van der Waals surface area contributed by atoms with Crippen molar-refractivity contribution >= 4 is 11.9 Å². The van der Waals surface area contributed by atoms with E-state index in [2.05, 4.69) is 15.6 Å². The molecule has 1 atom stereocenters. The maximum atomic E-state index is 10.9.